The van der Waals surface area contributed by atoms with E-state index in [1.165, 1.54) is 18.3 Å². The van der Waals surface area contributed by atoms with Gasteiger partial charge in [0.1, 0.15) is 0 Å². The molecule has 0 aliphatic carbocycles. The van der Waals surface area contributed by atoms with Gasteiger partial charge in [0.15, 0.2) is 11.6 Å². The number of amides is 1. The Labute approximate surface area is 125 Å². The summed E-state index contributed by atoms with van der Waals surface area (Å²) >= 11 is 0. The summed E-state index contributed by atoms with van der Waals surface area (Å²) in [4.78, 5) is 17.8. The van der Waals surface area contributed by atoms with Crippen LogP contribution in [0.1, 0.15) is 0 Å². The van der Waals surface area contributed by atoms with Crippen molar-refractivity contribution in [3.05, 3.63) is 60.7 Å². The molecular weight excluding hydrogens is 285 g/mol. The number of carbonyl (C=O) groups is 1. The van der Waals surface area contributed by atoms with Crippen LogP contribution in [0.15, 0.2) is 54.9 Å². The lowest BCUT2D eigenvalue weighted by atomic mass is 10.1. The quantitative estimate of drug-likeness (QED) is 0.778. The molecule has 0 bridgehead atoms. The van der Waals surface area contributed by atoms with Gasteiger partial charge in [-0.3, -0.25) is 4.98 Å². The van der Waals surface area contributed by atoms with Gasteiger partial charge in [0, 0.05) is 23.4 Å². The molecule has 22 heavy (non-hydrogen) atoms. The van der Waals surface area contributed by atoms with Gasteiger partial charge in [-0.15, -0.1) is 0 Å². The zero-order valence-corrected chi connectivity index (χ0v) is 11.4. The number of aromatic nitrogens is 2. The number of H-pyrrole nitrogens is 1. The maximum Gasteiger partial charge on any atom is 0.410 e. The van der Waals surface area contributed by atoms with E-state index in [0.29, 0.717) is 17.0 Å². The van der Waals surface area contributed by atoms with Gasteiger partial charge in [0.25, 0.3) is 0 Å². The Morgan fingerprint density at radius 1 is 1.23 bits per heavy atom. The first-order valence-corrected chi connectivity index (χ1v) is 6.51. The second kappa shape index (κ2) is 5.69. The van der Waals surface area contributed by atoms with Gasteiger partial charge in [-0.05, 0) is 6.07 Å². The Morgan fingerprint density at radius 3 is 2.68 bits per heavy atom. The van der Waals surface area contributed by atoms with E-state index in [1.807, 2.05) is 30.3 Å². The number of rotatable bonds is 3. The molecule has 0 saturated heterocycles. The van der Waals surface area contributed by atoms with Crippen molar-refractivity contribution in [2.24, 2.45) is 5.73 Å². The fourth-order valence-electron chi connectivity index (χ4n) is 2.18. The molecule has 1 amide bonds. The summed E-state index contributed by atoms with van der Waals surface area (Å²) in [7, 11) is 0. The molecule has 0 aliphatic heterocycles. The van der Waals surface area contributed by atoms with E-state index in [0.717, 1.165) is 11.8 Å². The standard InChI is InChI=1S/C16H12FN3O2/c17-12-9-19-7-6-11(12)13-8-14(22-16(18)21)15(20-13)10-4-2-1-3-5-10/h1-9,20H,(H2,18,21). The van der Waals surface area contributed by atoms with Crippen LogP contribution in [0, 0.1) is 5.82 Å². The van der Waals surface area contributed by atoms with Crippen molar-refractivity contribution in [2.45, 2.75) is 0 Å². The summed E-state index contributed by atoms with van der Waals surface area (Å²) < 4.78 is 18.9. The Hall–Kier alpha value is -3.15. The number of ether oxygens (including phenoxy) is 1. The minimum absolute atomic E-state index is 0.241. The van der Waals surface area contributed by atoms with E-state index in [4.69, 9.17) is 10.5 Å². The van der Waals surface area contributed by atoms with Crippen LogP contribution in [0.5, 0.6) is 5.75 Å². The topological polar surface area (TPSA) is 81.0 Å². The molecule has 0 atom stereocenters. The molecule has 6 heteroatoms. The summed E-state index contributed by atoms with van der Waals surface area (Å²) in [5.41, 5.74) is 7.22. The van der Waals surface area contributed by atoms with Crippen LogP contribution in [0.4, 0.5) is 9.18 Å². The van der Waals surface area contributed by atoms with Crippen molar-refractivity contribution in [1.82, 2.24) is 9.97 Å². The smallest absolute Gasteiger partial charge is 0.408 e. The molecule has 0 spiro atoms. The maximum atomic E-state index is 13.9. The predicted octanol–water partition coefficient (Wildman–Crippen LogP) is 3.34. The first-order chi connectivity index (χ1) is 10.6. The molecular formula is C16H12FN3O2. The molecule has 0 radical (unpaired) electrons. The fraction of sp³-hybridized carbons (Fsp3) is 0. The fourth-order valence-corrected chi connectivity index (χ4v) is 2.18. The normalized spacial score (nSPS) is 10.4. The maximum absolute atomic E-state index is 13.9. The number of nitrogens with zero attached hydrogens (tertiary/aromatic N) is 1. The number of hydrogen-bond acceptors (Lipinski definition) is 3. The zero-order chi connectivity index (χ0) is 15.5. The van der Waals surface area contributed by atoms with Crippen LogP contribution < -0.4 is 10.5 Å². The molecule has 1 aromatic carbocycles. The summed E-state index contributed by atoms with van der Waals surface area (Å²) in [6.45, 7) is 0. The van der Waals surface area contributed by atoms with E-state index >= 15 is 0 Å². The first-order valence-electron chi connectivity index (χ1n) is 6.51. The molecule has 0 unspecified atom stereocenters. The number of pyridine rings is 1. The van der Waals surface area contributed by atoms with Crippen molar-refractivity contribution in [3.8, 4) is 28.3 Å². The van der Waals surface area contributed by atoms with Crippen LogP contribution in [0.3, 0.4) is 0 Å². The zero-order valence-electron chi connectivity index (χ0n) is 11.4. The lowest BCUT2D eigenvalue weighted by Crippen LogP contribution is -2.16. The van der Waals surface area contributed by atoms with Crippen LogP contribution in [-0.4, -0.2) is 16.1 Å². The third kappa shape index (κ3) is 2.67. The van der Waals surface area contributed by atoms with E-state index < -0.39 is 11.9 Å². The Morgan fingerprint density at radius 2 is 2.00 bits per heavy atom. The lowest BCUT2D eigenvalue weighted by Gasteiger charge is -2.03. The van der Waals surface area contributed by atoms with Gasteiger partial charge in [0.05, 0.1) is 17.6 Å². The number of nitrogens with two attached hydrogens (primary N) is 1. The average Bonchev–Trinajstić information content (AvgIpc) is 2.91. The van der Waals surface area contributed by atoms with E-state index in [-0.39, 0.29) is 5.75 Å². The highest BCUT2D eigenvalue weighted by molar-refractivity contribution is 5.78. The number of carbonyl (C=O) groups excluding carboxylic acids is 1. The molecule has 3 rings (SSSR count). The van der Waals surface area contributed by atoms with Crippen LogP contribution in [-0.2, 0) is 0 Å². The molecule has 0 saturated carbocycles. The van der Waals surface area contributed by atoms with Gasteiger partial charge in [-0.25, -0.2) is 9.18 Å². The van der Waals surface area contributed by atoms with Gasteiger partial charge < -0.3 is 15.5 Å². The summed E-state index contributed by atoms with van der Waals surface area (Å²) in [6, 6.07) is 12.3. The van der Waals surface area contributed by atoms with Gasteiger partial charge in [-0.1, -0.05) is 30.3 Å². The van der Waals surface area contributed by atoms with E-state index in [9.17, 15) is 9.18 Å². The average molecular weight is 297 g/mol. The number of benzene rings is 1. The van der Waals surface area contributed by atoms with Crippen LogP contribution in [0.25, 0.3) is 22.5 Å². The van der Waals surface area contributed by atoms with Crippen molar-refractivity contribution < 1.29 is 13.9 Å². The molecule has 0 fully saturated rings. The number of nitrogens with one attached hydrogen (secondary N) is 1. The Kier molecular flexibility index (Phi) is 3.57. The van der Waals surface area contributed by atoms with Gasteiger partial charge in [0.2, 0.25) is 0 Å². The van der Waals surface area contributed by atoms with Crippen molar-refractivity contribution in [1.29, 1.82) is 0 Å². The summed E-state index contributed by atoms with van der Waals surface area (Å²) in [5, 5.41) is 0. The monoisotopic (exact) mass is 297 g/mol. The molecule has 2 aromatic heterocycles. The number of primary amides is 1. The number of aromatic amines is 1. The third-order valence-electron chi connectivity index (χ3n) is 3.12. The van der Waals surface area contributed by atoms with Crippen LogP contribution >= 0.6 is 0 Å². The van der Waals surface area contributed by atoms with Crippen LogP contribution in [0.2, 0.25) is 0 Å². The van der Waals surface area contributed by atoms with Gasteiger partial charge in [-0.2, -0.15) is 0 Å². The Balaban J connectivity index is 2.13. The summed E-state index contributed by atoms with van der Waals surface area (Å²) in [5.74, 6) is -0.237. The number of hydrogen-bond donors (Lipinski definition) is 2. The molecule has 3 aromatic rings. The van der Waals surface area contributed by atoms with Gasteiger partial charge >= 0.3 is 6.09 Å². The molecule has 3 N–H and O–H groups in total. The largest absolute Gasteiger partial charge is 0.410 e. The molecule has 5 nitrogen and oxygen atoms in total. The van der Waals surface area contributed by atoms with E-state index in [1.54, 1.807) is 0 Å². The van der Waals surface area contributed by atoms with E-state index in [2.05, 4.69) is 9.97 Å². The minimum Gasteiger partial charge on any atom is -0.408 e. The molecule has 0 aliphatic rings. The predicted molar refractivity (Wildman–Crippen MR) is 79.6 cm³/mol. The second-order valence-corrected chi connectivity index (χ2v) is 4.56. The number of halogens is 1. The SMILES string of the molecule is NC(=O)Oc1cc(-c2ccncc2F)[nH]c1-c1ccccc1. The highest BCUT2D eigenvalue weighted by atomic mass is 19.1. The molecule has 110 valence electrons. The van der Waals surface area contributed by atoms with Crippen molar-refractivity contribution in [2.75, 3.05) is 0 Å². The minimum atomic E-state index is -0.932. The van der Waals surface area contributed by atoms with Crippen molar-refractivity contribution >= 4 is 6.09 Å². The molecule has 2 heterocycles. The Bertz CT molecular complexity index is 815. The highest BCUT2D eigenvalue weighted by Gasteiger charge is 2.16. The van der Waals surface area contributed by atoms with Crippen molar-refractivity contribution in [3.63, 3.8) is 0 Å². The highest BCUT2D eigenvalue weighted by Crippen LogP contribution is 2.35. The second-order valence-electron chi connectivity index (χ2n) is 4.56. The lowest BCUT2D eigenvalue weighted by molar-refractivity contribution is 0.211. The summed E-state index contributed by atoms with van der Waals surface area (Å²) in [6.07, 6.45) is 1.67. The first kappa shape index (κ1) is 13.8. The third-order valence-corrected chi connectivity index (χ3v) is 3.12.